The number of carbonyl (C=O) groups is 1. The molecule has 16 heavy (non-hydrogen) atoms. The van der Waals surface area contributed by atoms with Gasteiger partial charge in [-0.2, -0.15) is 0 Å². The van der Waals surface area contributed by atoms with Gasteiger partial charge >= 0.3 is 5.97 Å². The van der Waals surface area contributed by atoms with Gasteiger partial charge in [0, 0.05) is 6.42 Å². The zero-order chi connectivity index (χ0) is 12.0. The Labute approximate surface area is 99.8 Å². The maximum atomic E-state index is 11.6. The molecule has 94 valence electrons. The number of rotatable bonds is 5. The number of hydrogen-bond donors (Lipinski definition) is 0. The Kier molecular flexibility index (Phi) is 5.30. The maximum absolute atomic E-state index is 11.6. The minimum Gasteiger partial charge on any atom is -0.459 e. The molecule has 0 bridgehead atoms. The number of ether oxygens (including phenoxy) is 1. The smallest absolute Gasteiger partial charge is 0.306 e. The van der Waals surface area contributed by atoms with E-state index in [1.54, 1.807) is 0 Å². The van der Waals surface area contributed by atoms with E-state index in [9.17, 15) is 4.79 Å². The topological polar surface area (TPSA) is 26.3 Å². The van der Waals surface area contributed by atoms with E-state index in [4.69, 9.17) is 4.74 Å². The number of carbonyl (C=O) groups excluding carboxylic acids is 1. The summed E-state index contributed by atoms with van der Waals surface area (Å²) in [5, 5.41) is 0. The molecular weight excluding hydrogens is 200 g/mol. The van der Waals surface area contributed by atoms with E-state index in [-0.39, 0.29) is 11.6 Å². The molecule has 2 heteroatoms. The fraction of sp³-hybridized carbons (Fsp3) is 0.929. The van der Waals surface area contributed by atoms with Crippen LogP contribution in [0.25, 0.3) is 0 Å². The van der Waals surface area contributed by atoms with Gasteiger partial charge < -0.3 is 4.74 Å². The minimum atomic E-state index is -0.216. The molecule has 1 aliphatic carbocycles. The summed E-state index contributed by atoms with van der Waals surface area (Å²) in [6.45, 7) is 6.27. The van der Waals surface area contributed by atoms with Crippen LogP contribution < -0.4 is 0 Å². The summed E-state index contributed by atoms with van der Waals surface area (Å²) >= 11 is 0. The highest BCUT2D eigenvalue weighted by Crippen LogP contribution is 2.37. The fourth-order valence-electron chi connectivity index (χ4n) is 2.67. The normalized spacial score (nSPS) is 21.4. The molecule has 0 aromatic carbocycles. The molecule has 1 unspecified atom stereocenters. The third-order valence-electron chi connectivity index (χ3n) is 3.97. The summed E-state index contributed by atoms with van der Waals surface area (Å²) in [6, 6.07) is 0. The van der Waals surface area contributed by atoms with Crippen molar-refractivity contribution >= 4 is 5.97 Å². The predicted octanol–water partition coefficient (Wildman–Crippen LogP) is 4.08. The van der Waals surface area contributed by atoms with Gasteiger partial charge in [0.2, 0.25) is 0 Å². The van der Waals surface area contributed by atoms with E-state index in [2.05, 4.69) is 13.8 Å². The highest BCUT2D eigenvalue weighted by Gasteiger charge is 2.36. The zero-order valence-corrected chi connectivity index (χ0v) is 11.1. The van der Waals surface area contributed by atoms with Crippen molar-refractivity contribution < 1.29 is 9.53 Å². The van der Waals surface area contributed by atoms with Gasteiger partial charge in [-0.05, 0) is 38.5 Å². The van der Waals surface area contributed by atoms with Crippen molar-refractivity contribution in [1.29, 1.82) is 0 Å². The standard InChI is InChI=1S/C14H26O2/c1-4-9-13(15)16-14(3,5-2)12-10-7-6-8-11-12/h12H,4-11H2,1-3H3. The lowest BCUT2D eigenvalue weighted by molar-refractivity contribution is -0.166. The van der Waals surface area contributed by atoms with Gasteiger partial charge in [-0.1, -0.05) is 33.1 Å². The maximum Gasteiger partial charge on any atom is 0.306 e. The summed E-state index contributed by atoms with van der Waals surface area (Å²) in [5.41, 5.74) is -0.216. The second kappa shape index (κ2) is 6.27. The van der Waals surface area contributed by atoms with Gasteiger partial charge in [0.1, 0.15) is 5.60 Å². The van der Waals surface area contributed by atoms with E-state index in [0.717, 1.165) is 12.8 Å². The lowest BCUT2D eigenvalue weighted by Crippen LogP contribution is -2.40. The lowest BCUT2D eigenvalue weighted by Gasteiger charge is -2.38. The largest absolute Gasteiger partial charge is 0.459 e. The van der Waals surface area contributed by atoms with Crippen molar-refractivity contribution in [2.75, 3.05) is 0 Å². The van der Waals surface area contributed by atoms with Crippen LogP contribution in [0, 0.1) is 5.92 Å². The van der Waals surface area contributed by atoms with E-state index in [1.807, 2.05) is 6.92 Å². The van der Waals surface area contributed by atoms with Crippen LogP contribution in [0.5, 0.6) is 0 Å². The van der Waals surface area contributed by atoms with Gasteiger partial charge in [-0.15, -0.1) is 0 Å². The molecule has 1 aliphatic rings. The van der Waals surface area contributed by atoms with Crippen molar-refractivity contribution in [3.63, 3.8) is 0 Å². The number of hydrogen-bond acceptors (Lipinski definition) is 2. The van der Waals surface area contributed by atoms with Crippen molar-refractivity contribution in [2.45, 2.75) is 77.7 Å². The lowest BCUT2D eigenvalue weighted by atomic mass is 9.76. The van der Waals surface area contributed by atoms with E-state index < -0.39 is 0 Å². The molecule has 0 aromatic rings. The summed E-state index contributed by atoms with van der Waals surface area (Å²) in [5.74, 6) is 0.560. The Hall–Kier alpha value is -0.530. The second-order valence-electron chi connectivity index (χ2n) is 5.23. The van der Waals surface area contributed by atoms with Crippen LogP contribution in [0.1, 0.15) is 72.1 Å². The van der Waals surface area contributed by atoms with Gasteiger partial charge in [0.25, 0.3) is 0 Å². The van der Waals surface area contributed by atoms with Crippen LogP contribution in [0.4, 0.5) is 0 Å². The van der Waals surface area contributed by atoms with Gasteiger partial charge in [-0.3, -0.25) is 4.79 Å². The van der Waals surface area contributed by atoms with Gasteiger partial charge in [0.15, 0.2) is 0 Å². The molecule has 0 aromatic heterocycles. The molecule has 1 rings (SSSR count). The van der Waals surface area contributed by atoms with E-state index >= 15 is 0 Å². The minimum absolute atomic E-state index is 0.0163. The Bertz CT molecular complexity index is 219. The van der Waals surface area contributed by atoms with Crippen LogP contribution in [0.15, 0.2) is 0 Å². The SMILES string of the molecule is CCCC(=O)OC(C)(CC)C1CCCCC1. The Morgan fingerprint density at radius 1 is 1.25 bits per heavy atom. The quantitative estimate of drug-likeness (QED) is 0.660. The molecule has 1 saturated carbocycles. The van der Waals surface area contributed by atoms with Crippen LogP contribution >= 0.6 is 0 Å². The third-order valence-corrected chi connectivity index (χ3v) is 3.97. The molecule has 0 spiro atoms. The fourth-order valence-corrected chi connectivity index (χ4v) is 2.67. The first-order chi connectivity index (χ1) is 7.62. The van der Waals surface area contributed by atoms with E-state index in [1.165, 1.54) is 32.1 Å². The molecule has 0 heterocycles. The summed E-state index contributed by atoms with van der Waals surface area (Å²) < 4.78 is 5.73. The molecule has 0 saturated heterocycles. The highest BCUT2D eigenvalue weighted by molar-refractivity contribution is 5.69. The van der Waals surface area contributed by atoms with E-state index in [0.29, 0.717) is 12.3 Å². The molecule has 0 aliphatic heterocycles. The van der Waals surface area contributed by atoms with Crippen LogP contribution in [-0.4, -0.2) is 11.6 Å². The summed E-state index contributed by atoms with van der Waals surface area (Å²) in [4.78, 5) is 11.6. The first-order valence-electron chi connectivity index (χ1n) is 6.84. The van der Waals surface area contributed by atoms with Crippen LogP contribution in [0.2, 0.25) is 0 Å². The molecule has 0 amide bonds. The predicted molar refractivity (Wildman–Crippen MR) is 66.3 cm³/mol. The average Bonchev–Trinajstić information content (AvgIpc) is 2.30. The first kappa shape index (κ1) is 13.5. The van der Waals surface area contributed by atoms with Crippen molar-refractivity contribution in [1.82, 2.24) is 0 Å². The third kappa shape index (κ3) is 3.50. The van der Waals surface area contributed by atoms with Crippen molar-refractivity contribution in [3.8, 4) is 0 Å². The average molecular weight is 226 g/mol. The van der Waals surface area contributed by atoms with Gasteiger partial charge in [-0.25, -0.2) is 0 Å². The number of esters is 1. The second-order valence-corrected chi connectivity index (χ2v) is 5.23. The van der Waals surface area contributed by atoms with Crippen molar-refractivity contribution in [3.05, 3.63) is 0 Å². The molecule has 1 atom stereocenters. The summed E-state index contributed by atoms with van der Waals surface area (Å²) in [6.07, 6.45) is 8.77. The molecule has 0 N–H and O–H groups in total. The highest BCUT2D eigenvalue weighted by atomic mass is 16.6. The molecule has 0 radical (unpaired) electrons. The Balaban J connectivity index is 2.56. The Morgan fingerprint density at radius 2 is 1.88 bits per heavy atom. The Morgan fingerprint density at radius 3 is 2.38 bits per heavy atom. The molecule has 1 fully saturated rings. The van der Waals surface area contributed by atoms with Gasteiger partial charge in [0.05, 0.1) is 0 Å². The van der Waals surface area contributed by atoms with Crippen molar-refractivity contribution in [2.24, 2.45) is 5.92 Å². The monoisotopic (exact) mass is 226 g/mol. The molecule has 2 nitrogen and oxygen atoms in total. The molecular formula is C14H26O2. The summed E-state index contributed by atoms with van der Waals surface area (Å²) in [7, 11) is 0. The first-order valence-corrected chi connectivity index (χ1v) is 6.84. The zero-order valence-electron chi connectivity index (χ0n) is 11.1. The van der Waals surface area contributed by atoms with Crippen LogP contribution in [0.3, 0.4) is 0 Å². The van der Waals surface area contributed by atoms with Crippen LogP contribution in [-0.2, 0) is 9.53 Å².